The van der Waals surface area contributed by atoms with Gasteiger partial charge in [0.25, 0.3) is 0 Å². The molecule has 0 spiro atoms. The summed E-state index contributed by atoms with van der Waals surface area (Å²) in [5, 5.41) is 6.72. The van der Waals surface area contributed by atoms with Crippen LogP contribution in [0.4, 0.5) is 4.39 Å². The summed E-state index contributed by atoms with van der Waals surface area (Å²) in [6, 6.07) is 15.2. The van der Waals surface area contributed by atoms with Gasteiger partial charge in [0, 0.05) is 38.8 Å². The maximum absolute atomic E-state index is 13.6. The molecule has 168 valence electrons. The van der Waals surface area contributed by atoms with Crippen molar-refractivity contribution in [1.29, 1.82) is 0 Å². The topological polar surface area (TPSA) is 54.9 Å². The molecular weight excluding hydrogens is 393 g/mol. The third-order valence-corrected chi connectivity index (χ3v) is 5.63. The Labute approximate surface area is 185 Å². The molecule has 0 unspecified atom stereocenters. The molecule has 1 fully saturated rings. The molecule has 1 heterocycles. The van der Waals surface area contributed by atoms with E-state index in [2.05, 4.69) is 53.7 Å². The molecule has 0 amide bonds. The minimum atomic E-state index is -0.235. The molecule has 5 nitrogen and oxygen atoms in total. The molecule has 0 saturated carbocycles. The first-order valence-electron chi connectivity index (χ1n) is 10.9. The average Bonchev–Trinajstić information content (AvgIpc) is 2.79. The van der Waals surface area contributed by atoms with Crippen molar-refractivity contribution in [2.75, 3.05) is 26.8 Å². The van der Waals surface area contributed by atoms with Crippen molar-refractivity contribution < 1.29 is 13.9 Å². The molecule has 1 aliphatic rings. The Bertz CT molecular complexity index is 863. The highest BCUT2D eigenvalue weighted by atomic mass is 19.1. The molecule has 1 aliphatic heterocycles. The Morgan fingerprint density at radius 1 is 1.10 bits per heavy atom. The predicted molar refractivity (Wildman–Crippen MR) is 123 cm³/mol. The molecule has 0 aromatic heterocycles. The summed E-state index contributed by atoms with van der Waals surface area (Å²) in [5.41, 5.74) is 3.05. The first-order valence-corrected chi connectivity index (χ1v) is 10.9. The van der Waals surface area contributed by atoms with Crippen molar-refractivity contribution >= 4 is 5.96 Å². The van der Waals surface area contributed by atoms with E-state index in [1.807, 2.05) is 6.07 Å². The average molecular weight is 428 g/mol. The standard InChI is InChI=1S/C25H34FN3O2/c1-25(2,21-8-5-9-22(26)15-21)18-29-24(27-3)28-16-19-6-4-7-20(14-19)17-31-23-10-12-30-13-11-23/h4-9,14-15,23H,10-13,16-18H2,1-3H3,(H2,27,28,29). The van der Waals surface area contributed by atoms with Crippen LogP contribution in [0.25, 0.3) is 0 Å². The molecule has 6 heteroatoms. The van der Waals surface area contributed by atoms with Gasteiger partial charge in [0.1, 0.15) is 5.82 Å². The van der Waals surface area contributed by atoms with Gasteiger partial charge in [-0.15, -0.1) is 0 Å². The van der Waals surface area contributed by atoms with E-state index in [-0.39, 0.29) is 11.2 Å². The van der Waals surface area contributed by atoms with Gasteiger partial charge in [-0.2, -0.15) is 0 Å². The molecular formula is C25H34FN3O2. The summed E-state index contributed by atoms with van der Waals surface area (Å²) in [5.74, 6) is 0.502. The van der Waals surface area contributed by atoms with Crippen LogP contribution in [0.2, 0.25) is 0 Å². The summed E-state index contributed by atoms with van der Waals surface area (Å²) in [7, 11) is 1.75. The third-order valence-electron chi connectivity index (χ3n) is 5.63. The van der Waals surface area contributed by atoms with Gasteiger partial charge >= 0.3 is 0 Å². The van der Waals surface area contributed by atoms with Crippen LogP contribution in [0.3, 0.4) is 0 Å². The summed E-state index contributed by atoms with van der Waals surface area (Å²) in [6.45, 7) is 7.66. The molecule has 3 rings (SSSR count). The SMILES string of the molecule is CN=C(NCc1cccc(COC2CCOCC2)c1)NCC(C)(C)c1cccc(F)c1. The van der Waals surface area contributed by atoms with Gasteiger partial charge in [-0.3, -0.25) is 4.99 Å². The maximum atomic E-state index is 13.6. The van der Waals surface area contributed by atoms with Crippen molar-refractivity contribution in [3.8, 4) is 0 Å². The molecule has 1 saturated heterocycles. The molecule has 2 N–H and O–H groups in total. The highest BCUT2D eigenvalue weighted by Gasteiger charge is 2.21. The zero-order valence-corrected chi connectivity index (χ0v) is 18.8. The number of benzene rings is 2. The van der Waals surface area contributed by atoms with Crippen molar-refractivity contribution in [3.63, 3.8) is 0 Å². The van der Waals surface area contributed by atoms with E-state index in [1.54, 1.807) is 19.2 Å². The predicted octanol–water partition coefficient (Wildman–Crippen LogP) is 4.16. The van der Waals surface area contributed by atoms with Gasteiger partial charge in [0.15, 0.2) is 5.96 Å². The Kier molecular flexibility index (Phi) is 8.43. The highest BCUT2D eigenvalue weighted by Crippen LogP contribution is 2.22. The lowest BCUT2D eigenvalue weighted by Gasteiger charge is -2.27. The van der Waals surface area contributed by atoms with Crippen molar-refractivity contribution in [2.45, 2.75) is 51.4 Å². The van der Waals surface area contributed by atoms with Crippen molar-refractivity contribution in [1.82, 2.24) is 10.6 Å². The van der Waals surface area contributed by atoms with Crippen LogP contribution in [-0.2, 0) is 28.0 Å². The normalized spacial score (nSPS) is 15.7. The molecule has 0 atom stereocenters. The lowest BCUT2D eigenvalue weighted by molar-refractivity contribution is -0.0390. The number of guanidine groups is 1. The second kappa shape index (κ2) is 11.3. The second-order valence-corrected chi connectivity index (χ2v) is 8.62. The summed E-state index contributed by atoms with van der Waals surface area (Å²) in [6.07, 6.45) is 2.23. The lowest BCUT2D eigenvalue weighted by Crippen LogP contribution is -2.43. The van der Waals surface area contributed by atoms with E-state index >= 15 is 0 Å². The van der Waals surface area contributed by atoms with Crippen LogP contribution in [-0.4, -0.2) is 38.9 Å². The number of nitrogens with zero attached hydrogens (tertiary/aromatic N) is 1. The minimum absolute atomic E-state index is 0.214. The van der Waals surface area contributed by atoms with E-state index in [0.717, 1.165) is 31.6 Å². The van der Waals surface area contributed by atoms with Crippen LogP contribution < -0.4 is 10.6 Å². The van der Waals surface area contributed by atoms with Crippen LogP contribution in [0, 0.1) is 5.82 Å². The van der Waals surface area contributed by atoms with Crippen LogP contribution in [0.1, 0.15) is 43.4 Å². The van der Waals surface area contributed by atoms with Crippen LogP contribution >= 0.6 is 0 Å². The Morgan fingerprint density at radius 2 is 1.84 bits per heavy atom. The molecule has 0 bridgehead atoms. The fourth-order valence-electron chi connectivity index (χ4n) is 3.61. The summed E-state index contributed by atoms with van der Waals surface area (Å²) >= 11 is 0. The first-order chi connectivity index (χ1) is 15.0. The number of aliphatic imine (C=N–C) groups is 1. The summed E-state index contributed by atoms with van der Waals surface area (Å²) < 4.78 is 25.0. The van der Waals surface area contributed by atoms with Gasteiger partial charge in [-0.05, 0) is 41.7 Å². The van der Waals surface area contributed by atoms with Gasteiger partial charge in [-0.25, -0.2) is 4.39 Å². The van der Waals surface area contributed by atoms with E-state index in [4.69, 9.17) is 9.47 Å². The summed E-state index contributed by atoms with van der Waals surface area (Å²) in [4.78, 5) is 4.32. The monoisotopic (exact) mass is 427 g/mol. The van der Waals surface area contributed by atoms with Crippen molar-refractivity contribution in [3.05, 3.63) is 71.0 Å². The quantitative estimate of drug-likeness (QED) is 0.491. The molecule has 2 aromatic carbocycles. The second-order valence-electron chi connectivity index (χ2n) is 8.62. The number of rotatable bonds is 8. The molecule has 31 heavy (non-hydrogen) atoms. The van der Waals surface area contributed by atoms with Gasteiger partial charge < -0.3 is 20.1 Å². The van der Waals surface area contributed by atoms with Crippen LogP contribution in [0.15, 0.2) is 53.5 Å². The number of halogens is 1. The Balaban J connectivity index is 1.48. The van der Waals surface area contributed by atoms with Gasteiger partial charge in [-0.1, -0.05) is 50.2 Å². The Hall–Kier alpha value is -2.44. The minimum Gasteiger partial charge on any atom is -0.381 e. The number of hydrogen-bond donors (Lipinski definition) is 2. The Morgan fingerprint density at radius 3 is 2.58 bits per heavy atom. The van der Waals surface area contributed by atoms with E-state index in [9.17, 15) is 4.39 Å². The van der Waals surface area contributed by atoms with Crippen molar-refractivity contribution in [2.24, 2.45) is 4.99 Å². The molecule has 0 aliphatic carbocycles. The zero-order valence-electron chi connectivity index (χ0n) is 18.8. The third kappa shape index (κ3) is 7.33. The maximum Gasteiger partial charge on any atom is 0.191 e. The smallest absolute Gasteiger partial charge is 0.191 e. The van der Waals surface area contributed by atoms with Gasteiger partial charge in [0.2, 0.25) is 0 Å². The lowest BCUT2D eigenvalue weighted by atomic mass is 9.84. The van der Waals surface area contributed by atoms with E-state index in [1.165, 1.54) is 17.2 Å². The number of hydrogen-bond acceptors (Lipinski definition) is 3. The molecule has 0 radical (unpaired) electrons. The number of nitrogens with one attached hydrogen (secondary N) is 2. The largest absolute Gasteiger partial charge is 0.381 e. The zero-order chi connectivity index (χ0) is 22.1. The highest BCUT2D eigenvalue weighted by molar-refractivity contribution is 5.79. The van der Waals surface area contributed by atoms with E-state index in [0.29, 0.717) is 31.8 Å². The van der Waals surface area contributed by atoms with E-state index < -0.39 is 0 Å². The van der Waals surface area contributed by atoms with Crippen LogP contribution in [0.5, 0.6) is 0 Å². The first kappa shape index (κ1) is 23.2. The fourth-order valence-corrected chi connectivity index (χ4v) is 3.61. The molecule has 2 aromatic rings. The fraction of sp³-hybridized carbons (Fsp3) is 0.480. The number of ether oxygens (including phenoxy) is 2. The van der Waals surface area contributed by atoms with Gasteiger partial charge in [0.05, 0.1) is 12.7 Å².